The van der Waals surface area contributed by atoms with Gasteiger partial charge in [-0.2, -0.15) is 0 Å². The van der Waals surface area contributed by atoms with Gasteiger partial charge in [0.15, 0.2) is 0 Å². The van der Waals surface area contributed by atoms with Gasteiger partial charge < -0.3 is 15.2 Å². The lowest BCUT2D eigenvalue weighted by atomic mass is 10.0. The molecule has 0 bridgehead atoms. The lowest BCUT2D eigenvalue weighted by molar-refractivity contribution is -0.127. The van der Waals surface area contributed by atoms with Gasteiger partial charge in [0, 0.05) is 7.11 Å². The van der Waals surface area contributed by atoms with Crippen LogP contribution in [0.2, 0.25) is 0 Å². The first kappa shape index (κ1) is 14.7. The highest BCUT2D eigenvalue weighted by Crippen LogP contribution is 2.16. The van der Waals surface area contributed by atoms with Gasteiger partial charge in [-0.25, -0.2) is 0 Å². The van der Waals surface area contributed by atoms with Crippen molar-refractivity contribution >= 4 is 5.91 Å². The molecule has 1 unspecified atom stereocenters. The zero-order chi connectivity index (χ0) is 13.5. The maximum atomic E-state index is 11.8. The summed E-state index contributed by atoms with van der Waals surface area (Å²) in [5.41, 5.74) is 0.796. The Hall–Kier alpha value is -1.39. The number of benzene rings is 1. The normalized spacial score (nSPS) is 15.8. The summed E-state index contributed by atoms with van der Waals surface area (Å²) in [6.45, 7) is 3.95. The van der Waals surface area contributed by atoms with E-state index in [1.54, 1.807) is 21.0 Å². The second kappa shape index (κ2) is 7.13. The molecule has 0 spiro atoms. The summed E-state index contributed by atoms with van der Waals surface area (Å²) in [6.07, 6.45) is -0.704. The Labute approximate surface area is 108 Å². The van der Waals surface area contributed by atoms with Crippen LogP contribution in [0.3, 0.4) is 0 Å². The molecule has 3 atom stereocenters. The van der Waals surface area contributed by atoms with Crippen LogP contribution in [0.15, 0.2) is 30.3 Å². The fourth-order valence-corrected chi connectivity index (χ4v) is 1.71. The van der Waals surface area contributed by atoms with Crippen LogP contribution < -0.4 is 5.32 Å². The Morgan fingerprint density at radius 2 is 1.94 bits per heavy atom. The van der Waals surface area contributed by atoms with E-state index < -0.39 is 6.10 Å². The number of aliphatic hydroxyl groups excluding tert-OH is 1. The molecule has 1 rings (SSSR count). The number of methoxy groups -OCH3 is 1. The molecule has 0 saturated carbocycles. The molecule has 0 fully saturated rings. The van der Waals surface area contributed by atoms with Crippen LogP contribution in [0.4, 0.5) is 0 Å². The molecule has 4 heteroatoms. The fraction of sp³-hybridized carbons (Fsp3) is 0.500. The molecule has 0 aliphatic rings. The Morgan fingerprint density at radius 3 is 2.50 bits per heavy atom. The molecular formula is C14H21NO3. The quantitative estimate of drug-likeness (QED) is 0.805. The van der Waals surface area contributed by atoms with E-state index in [4.69, 9.17) is 4.74 Å². The molecule has 0 aromatic heterocycles. The third kappa shape index (κ3) is 4.13. The highest BCUT2D eigenvalue weighted by atomic mass is 16.5. The van der Waals surface area contributed by atoms with Crippen molar-refractivity contribution < 1.29 is 14.6 Å². The average Bonchev–Trinajstić information content (AvgIpc) is 2.39. The zero-order valence-electron chi connectivity index (χ0n) is 11.1. The minimum absolute atomic E-state index is 0.112. The van der Waals surface area contributed by atoms with Gasteiger partial charge in [0.1, 0.15) is 0 Å². The SMILES string of the molecule is COCC(C)C(=O)N[C@H](C)[C@@H](O)c1ccccc1. The van der Waals surface area contributed by atoms with E-state index in [0.29, 0.717) is 6.61 Å². The van der Waals surface area contributed by atoms with Crippen molar-refractivity contribution in [3.05, 3.63) is 35.9 Å². The molecule has 0 saturated heterocycles. The monoisotopic (exact) mass is 251 g/mol. The van der Waals surface area contributed by atoms with Crippen molar-refractivity contribution in [1.29, 1.82) is 0 Å². The lowest BCUT2D eigenvalue weighted by Gasteiger charge is -2.22. The summed E-state index contributed by atoms with van der Waals surface area (Å²) in [7, 11) is 1.56. The summed E-state index contributed by atoms with van der Waals surface area (Å²) < 4.78 is 4.93. The maximum Gasteiger partial charge on any atom is 0.225 e. The molecule has 0 radical (unpaired) electrons. The van der Waals surface area contributed by atoms with E-state index >= 15 is 0 Å². The third-order valence-electron chi connectivity index (χ3n) is 2.85. The van der Waals surface area contributed by atoms with Gasteiger partial charge >= 0.3 is 0 Å². The predicted molar refractivity (Wildman–Crippen MR) is 70.0 cm³/mol. The average molecular weight is 251 g/mol. The van der Waals surface area contributed by atoms with Gasteiger partial charge in [-0.15, -0.1) is 0 Å². The van der Waals surface area contributed by atoms with Crippen molar-refractivity contribution in [1.82, 2.24) is 5.32 Å². The Bertz CT molecular complexity index is 367. The summed E-state index contributed by atoms with van der Waals surface area (Å²) in [5.74, 6) is -0.334. The highest BCUT2D eigenvalue weighted by molar-refractivity contribution is 5.78. The van der Waals surface area contributed by atoms with Crippen LogP contribution >= 0.6 is 0 Å². The number of nitrogens with one attached hydrogen (secondary N) is 1. The number of ether oxygens (including phenoxy) is 1. The van der Waals surface area contributed by atoms with Gasteiger partial charge in [-0.3, -0.25) is 4.79 Å². The third-order valence-corrected chi connectivity index (χ3v) is 2.85. The molecule has 0 aliphatic carbocycles. The van der Waals surface area contributed by atoms with Crippen LogP contribution in [0.5, 0.6) is 0 Å². The fourth-order valence-electron chi connectivity index (χ4n) is 1.71. The van der Waals surface area contributed by atoms with E-state index in [2.05, 4.69) is 5.32 Å². The number of rotatable bonds is 6. The largest absolute Gasteiger partial charge is 0.386 e. The molecule has 2 N–H and O–H groups in total. The van der Waals surface area contributed by atoms with Crippen LogP contribution in [0, 0.1) is 5.92 Å². The summed E-state index contributed by atoms with van der Waals surface area (Å²) >= 11 is 0. The molecule has 4 nitrogen and oxygen atoms in total. The molecule has 0 heterocycles. The number of carbonyl (C=O) groups is 1. The number of amides is 1. The second-order valence-electron chi connectivity index (χ2n) is 4.51. The molecule has 1 aromatic rings. The molecule has 18 heavy (non-hydrogen) atoms. The molecular weight excluding hydrogens is 230 g/mol. The minimum Gasteiger partial charge on any atom is -0.386 e. The summed E-state index contributed by atoms with van der Waals surface area (Å²) in [5, 5.41) is 12.9. The molecule has 1 amide bonds. The van der Waals surface area contributed by atoms with Crippen LogP contribution in [-0.2, 0) is 9.53 Å². The van der Waals surface area contributed by atoms with Crippen LogP contribution in [0.1, 0.15) is 25.5 Å². The summed E-state index contributed by atoms with van der Waals surface area (Å²) in [6, 6.07) is 8.96. The van der Waals surface area contributed by atoms with Crippen molar-refractivity contribution in [2.45, 2.75) is 26.0 Å². The maximum absolute atomic E-state index is 11.8. The van der Waals surface area contributed by atoms with Crippen molar-refractivity contribution in [2.75, 3.05) is 13.7 Å². The van der Waals surface area contributed by atoms with Crippen molar-refractivity contribution in [3.63, 3.8) is 0 Å². The topological polar surface area (TPSA) is 58.6 Å². The lowest BCUT2D eigenvalue weighted by Crippen LogP contribution is -2.40. The van der Waals surface area contributed by atoms with Crippen LogP contribution in [0.25, 0.3) is 0 Å². The first-order valence-electron chi connectivity index (χ1n) is 6.08. The molecule has 0 aliphatic heterocycles. The second-order valence-corrected chi connectivity index (χ2v) is 4.51. The number of carbonyl (C=O) groups excluding carboxylic acids is 1. The molecule has 1 aromatic carbocycles. The first-order chi connectivity index (χ1) is 8.56. The standard InChI is InChI=1S/C14H21NO3/c1-10(9-18-3)14(17)15-11(2)13(16)12-7-5-4-6-8-12/h4-8,10-11,13,16H,9H2,1-3H3,(H,15,17)/t10?,11-,13-/m1/s1. The van der Waals surface area contributed by atoms with Gasteiger partial charge in [0.2, 0.25) is 5.91 Å². The van der Waals surface area contributed by atoms with Gasteiger partial charge in [0.25, 0.3) is 0 Å². The van der Waals surface area contributed by atoms with Gasteiger partial charge in [-0.05, 0) is 12.5 Å². The van der Waals surface area contributed by atoms with E-state index in [9.17, 15) is 9.90 Å². The predicted octanol–water partition coefficient (Wildman–Crippen LogP) is 1.51. The highest BCUT2D eigenvalue weighted by Gasteiger charge is 2.20. The minimum atomic E-state index is -0.704. The number of aliphatic hydroxyl groups is 1. The number of hydrogen-bond acceptors (Lipinski definition) is 3. The van der Waals surface area contributed by atoms with E-state index in [1.807, 2.05) is 30.3 Å². The first-order valence-corrected chi connectivity index (χ1v) is 6.08. The van der Waals surface area contributed by atoms with Crippen molar-refractivity contribution in [3.8, 4) is 0 Å². The van der Waals surface area contributed by atoms with Crippen LogP contribution in [-0.4, -0.2) is 30.8 Å². The number of hydrogen-bond donors (Lipinski definition) is 2. The summed E-state index contributed by atoms with van der Waals surface area (Å²) in [4.78, 5) is 11.8. The Kier molecular flexibility index (Phi) is 5.82. The van der Waals surface area contributed by atoms with Gasteiger partial charge in [-0.1, -0.05) is 37.3 Å². The van der Waals surface area contributed by atoms with E-state index in [0.717, 1.165) is 5.56 Å². The Morgan fingerprint density at radius 1 is 1.33 bits per heavy atom. The smallest absolute Gasteiger partial charge is 0.225 e. The Balaban J connectivity index is 2.55. The van der Waals surface area contributed by atoms with E-state index in [1.165, 1.54) is 0 Å². The molecule has 100 valence electrons. The zero-order valence-corrected chi connectivity index (χ0v) is 11.1. The van der Waals surface area contributed by atoms with Crippen molar-refractivity contribution in [2.24, 2.45) is 5.92 Å². The van der Waals surface area contributed by atoms with Gasteiger partial charge in [0.05, 0.1) is 24.7 Å². The van der Waals surface area contributed by atoms with E-state index in [-0.39, 0.29) is 17.9 Å².